The second-order valence-corrected chi connectivity index (χ2v) is 7.48. The van der Waals surface area contributed by atoms with Crippen LogP contribution in [0.3, 0.4) is 0 Å². The largest absolute Gasteiger partial charge is 0.384 e. The Kier molecular flexibility index (Phi) is 5.75. The fourth-order valence-electron chi connectivity index (χ4n) is 2.05. The predicted molar refractivity (Wildman–Crippen MR) is 82.5 cm³/mol. The smallest absolute Gasteiger partial charge is 0.240 e. The van der Waals surface area contributed by atoms with Crippen LogP contribution in [0.1, 0.15) is 25.3 Å². The Morgan fingerprint density at radius 1 is 1.38 bits per heavy atom. The van der Waals surface area contributed by atoms with Gasteiger partial charge in [0.25, 0.3) is 0 Å². The summed E-state index contributed by atoms with van der Waals surface area (Å²) in [7, 11) is -1.84. The molecule has 1 aliphatic rings. The summed E-state index contributed by atoms with van der Waals surface area (Å²) in [5, 5.41) is 3.39. The lowest BCUT2D eigenvalue weighted by Gasteiger charge is -2.12. The highest BCUT2D eigenvalue weighted by atomic mass is 32.2. The highest BCUT2D eigenvalue weighted by Gasteiger charge is 2.20. The first-order valence-electron chi connectivity index (χ1n) is 7.32. The fraction of sp³-hybridized carbons (Fsp3) is 0.600. The molecule has 1 aromatic rings. The number of rotatable bonds is 9. The zero-order valence-corrected chi connectivity index (χ0v) is 13.4. The van der Waals surface area contributed by atoms with Crippen LogP contribution in [-0.2, 0) is 21.3 Å². The van der Waals surface area contributed by atoms with Gasteiger partial charge in [0.05, 0.1) is 4.90 Å². The van der Waals surface area contributed by atoms with Gasteiger partial charge in [0.15, 0.2) is 0 Å². The molecular weight excluding hydrogens is 288 g/mol. The predicted octanol–water partition coefficient (Wildman–Crippen LogP) is 1.50. The molecule has 5 nitrogen and oxygen atoms in total. The maximum absolute atomic E-state index is 12.3. The molecule has 0 amide bonds. The first-order chi connectivity index (χ1) is 10.0. The van der Waals surface area contributed by atoms with Crippen molar-refractivity contribution in [3.05, 3.63) is 29.8 Å². The van der Waals surface area contributed by atoms with E-state index in [1.165, 1.54) is 12.8 Å². The van der Waals surface area contributed by atoms with Gasteiger partial charge in [0.2, 0.25) is 10.0 Å². The van der Waals surface area contributed by atoms with Gasteiger partial charge in [-0.15, -0.1) is 0 Å². The molecule has 0 saturated heterocycles. The third-order valence-corrected chi connectivity index (χ3v) is 4.88. The first kappa shape index (κ1) is 16.4. The topological polar surface area (TPSA) is 67.4 Å². The van der Waals surface area contributed by atoms with Gasteiger partial charge in [-0.25, -0.2) is 13.1 Å². The van der Waals surface area contributed by atoms with E-state index >= 15 is 0 Å². The van der Waals surface area contributed by atoms with Crippen LogP contribution >= 0.6 is 0 Å². The minimum absolute atomic E-state index is 0.143. The van der Waals surface area contributed by atoms with E-state index in [9.17, 15) is 8.42 Å². The maximum Gasteiger partial charge on any atom is 0.240 e. The van der Waals surface area contributed by atoms with Crippen LogP contribution in [0.15, 0.2) is 29.2 Å². The molecule has 0 aromatic heterocycles. The van der Waals surface area contributed by atoms with Gasteiger partial charge in [0, 0.05) is 32.8 Å². The summed E-state index contributed by atoms with van der Waals surface area (Å²) in [5.74, 6) is 0.143. The molecule has 2 rings (SSSR count). The van der Waals surface area contributed by atoms with E-state index < -0.39 is 10.0 Å². The van der Waals surface area contributed by atoms with Gasteiger partial charge in [-0.2, -0.15) is 0 Å². The Bertz CT molecular complexity index is 556. The van der Waals surface area contributed by atoms with Crippen molar-refractivity contribution in [2.75, 3.05) is 20.3 Å². The van der Waals surface area contributed by atoms with Gasteiger partial charge >= 0.3 is 0 Å². The first-order valence-corrected chi connectivity index (χ1v) is 8.80. The average Bonchev–Trinajstić information content (AvgIpc) is 3.28. The number of methoxy groups -OCH3 is 1. The average molecular weight is 312 g/mol. The van der Waals surface area contributed by atoms with Gasteiger partial charge in [0.1, 0.15) is 0 Å². The molecule has 1 unspecified atom stereocenters. The number of benzene rings is 1. The summed E-state index contributed by atoms with van der Waals surface area (Å²) in [6, 6.07) is 7.71. The zero-order valence-electron chi connectivity index (χ0n) is 12.6. The highest BCUT2D eigenvalue weighted by Crippen LogP contribution is 2.20. The van der Waals surface area contributed by atoms with E-state index in [2.05, 4.69) is 10.0 Å². The Morgan fingerprint density at radius 2 is 2.14 bits per heavy atom. The van der Waals surface area contributed by atoms with E-state index in [4.69, 9.17) is 4.74 Å². The molecule has 1 saturated carbocycles. The molecule has 0 heterocycles. The lowest BCUT2D eigenvalue weighted by atomic mass is 10.2. The van der Waals surface area contributed by atoms with Gasteiger partial charge in [-0.05, 0) is 36.5 Å². The van der Waals surface area contributed by atoms with Crippen molar-refractivity contribution in [2.24, 2.45) is 5.92 Å². The maximum atomic E-state index is 12.3. The molecule has 0 radical (unpaired) electrons. The molecule has 118 valence electrons. The van der Waals surface area contributed by atoms with E-state index in [0.29, 0.717) is 30.6 Å². The summed E-state index contributed by atoms with van der Waals surface area (Å²) in [6.07, 6.45) is 2.44. The molecule has 21 heavy (non-hydrogen) atoms. The Labute approximate surface area is 127 Å². The number of ether oxygens (including phenoxy) is 1. The Balaban J connectivity index is 1.96. The normalized spacial score (nSPS) is 16.9. The number of nitrogens with one attached hydrogen (secondary N) is 2. The van der Waals surface area contributed by atoms with Crippen LogP contribution in [0.4, 0.5) is 0 Å². The van der Waals surface area contributed by atoms with Gasteiger partial charge in [-0.1, -0.05) is 19.1 Å². The Morgan fingerprint density at radius 3 is 2.81 bits per heavy atom. The van der Waals surface area contributed by atoms with E-state index in [1.54, 1.807) is 25.3 Å². The highest BCUT2D eigenvalue weighted by molar-refractivity contribution is 7.89. The quantitative estimate of drug-likeness (QED) is 0.725. The van der Waals surface area contributed by atoms with Crippen LogP contribution in [0.5, 0.6) is 0 Å². The number of sulfonamides is 1. The van der Waals surface area contributed by atoms with Crippen LogP contribution < -0.4 is 10.0 Å². The van der Waals surface area contributed by atoms with Gasteiger partial charge in [-0.3, -0.25) is 0 Å². The molecule has 2 N–H and O–H groups in total. The minimum Gasteiger partial charge on any atom is -0.384 e. The zero-order chi connectivity index (χ0) is 15.3. The minimum atomic E-state index is -3.45. The molecule has 1 fully saturated rings. The fourth-order valence-corrected chi connectivity index (χ4v) is 3.29. The second-order valence-electron chi connectivity index (χ2n) is 5.71. The SMILES string of the molecule is COCC(C)CNS(=O)(=O)c1cccc(CNC2CC2)c1. The van der Waals surface area contributed by atoms with Crippen LogP contribution in [0, 0.1) is 5.92 Å². The lowest BCUT2D eigenvalue weighted by Crippen LogP contribution is -2.30. The molecule has 0 aliphatic heterocycles. The molecule has 1 aromatic carbocycles. The van der Waals surface area contributed by atoms with Crippen molar-refractivity contribution in [3.8, 4) is 0 Å². The standard InChI is InChI=1S/C15H24N2O3S/c1-12(11-20-2)9-17-21(18,19)15-5-3-4-13(8-15)10-16-14-6-7-14/h3-5,8,12,14,16-17H,6-7,9-11H2,1-2H3. The number of hydrogen-bond donors (Lipinski definition) is 2. The van der Waals surface area contributed by atoms with Crippen molar-refractivity contribution in [2.45, 2.75) is 37.2 Å². The molecule has 0 spiro atoms. The molecule has 0 bridgehead atoms. The van der Waals surface area contributed by atoms with Crippen LogP contribution in [-0.4, -0.2) is 34.7 Å². The molecule has 1 atom stereocenters. The van der Waals surface area contributed by atoms with Crippen molar-refractivity contribution in [3.63, 3.8) is 0 Å². The molecule has 1 aliphatic carbocycles. The van der Waals surface area contributed by atoms with Crippen molar-refractivity contribution < 1.29 is 13.2 Å². The third kappa shape index (κ3) is 5.39. The third-order valence-electron chi connectivity index (χ3n) is 3.45. The van der Waals surface area contributed by atoms with E-state index in [1.807, 2.05) is 13.0 Å². The Hall–Kier alpha value is -0.950. The summed E-state index contributed by atoms with van der Waals surface area (Å²) in [4.78, 5) is 0.321. The summed E-state index contributed by atoms with van der Waals surface area (Å²) >= 11 is 0. The molecular formula is C15H24N2O3S. The summed E-state index contributed by atoms with van der Waals surface area (Å²) in [5.41, 5.74) is 0.995. The molecule has 6 heteroatoms. The van der Waals surface area contributed by atoms with Gasteiger partial charge < -0.3 is 10.1 Å². The van der Waals surface area contributed by atoms with Crippen LogP contribution in [0.25, 0.3) is 0 Å². The van der Waals surface area contributed by atoms with E-state index in [-0.39, 0.29) is 5.92 Å². The van der Waals surface area contributed by atoms with Crippen LogP contribution in [0.2, 0.25) is 0 Å². The van der Waals surface area contributed by atoms with Crippen molar-refractivity contribution in [1.29, 1.82) is 0 Å². The second kappa shape index (κ2) is 7.35. The lowest BCUT2D eigenvalue weighted by molar-refractivity contribution is 0.161. The monoisotopic (exact) mass is 312 g/mol. The summed E-state index contributed by atoms with van der Waals surface area (Å²) in [6.45, 7) is 3.57. The van der Waals surface area contributed by atoms with E-state index in [0.717, 1.165) is 5.56 Å². The van der Waals surface area contributed by atoms with Crippen molar-refractivity contribution >= 4 is 10.0 Å². The van der Waals surface area contributed by atoms with Crippen molar-refractivity contribution in [1.82, 2.24) is 10.0 Å². The summed E-state index contributed by atoms with van der Waals surface area (Å²) < 4.78 is 32.2. The number of hydrogen-bond acceptors (Lipinski definition) is 4.